The van der Waals surface area contributed by atoms with E-state index in [1.54, 1.807) is 30.3 Å². The summed E-state index contributed by atoms with van der Waals surface area (Å²) in [6.45, 7) is 10.9. The molecule has 1 aromatic rings. The number of benzene rings is 1. The first-order valence-corrected chi connectivity index (χ1v) is 10.7. The van der Waals surface area contributed by atoms with Gasteiger partial charge >= 0.3 is 11.9 Å². The van der Waals surface area contributed by atoms with Gasteiger partial charge in [-0.1, -0.05) is 50.3 Å². The summed E-state index contributed by atoms with van der Waals surface area (Å²) in [5, 5.41) is 0. The van der Waals surface area contributed by atoms with E-state index in [2.05, 4.69) is 13.2 Å². The number of fused-ring (bicyclic) bond motifs is 2. The Hall–Kier alpha value is -3.81. The van der Waals surface area contributed by atoms with Crippen molar-refractivity contribution in [2.75, 3.05) is 24.7 Å². The quantitative estimate of drug-likeness (QED) is 0.349. The van der Waals surface area contributed by atoms with Gasteiger partial charge in [0.15, 0.2) is 0 Å². The van der Waals surface area contributed by atoms with Gasteiger partial charge in [-0.25, -0.2) is 9.59 Å². The topological polar surface area (TPSA) is 108 Å². The van der Waals surface area contributed by atoms with Crippen LogP contribution in [0.1, 0.15) is 32.3 Å². The molecule has 1 atom stereocenters. The van der Waals surface area contributed by atoms with Gasteiger partial charge in [0.1, 0.15) is 28.9 Å². The minimum Gasteiger partial charge on any atom is -0.462 e. The number of carbonyl (C=O) groups excluding carboxylic acids is 3. The van der Waals surface area contributed by atoms with Gasteiger partial charge in [-0.2, -0.15) is 0 Å². The van der Waals surface area contributed by atoms with Crippen molar-refractivity contribution in [2.24, 2.45) is 5.73 Å². The number of nitrogens with zero attached hydrogens (tertiary/aromatic N) is 1. The zero-order chi connectivity index (χ0) is 24.2. The first-order valence-electron chi connectivity index (χ1n) is 10.7. The van der Waals surface area contributed by atoms with Crippen molar-refractivity contribution in [1.29, 1.82) is 0 Å². The summed E-state index contributed by atoms with van der Waals surface area (Å²) >= 11 is 0. The van der Waals surface area contributed by atoms with E-state index in [-0.39, 0.29) is 42.5 Å². The normalized spacial score (nSPS) is 19.3. The molecule has 3 rings (SSSR count). The predicted molar refractivity (Wildman–Crippen MR) is 123 cm³/mol. The van der Waals surface area contributed by atoms with E-state index < -0.39 is 23.3 Å². The lowest BCUT2D eigenvalue weighted by molar-refractivity contribution is -0.143. The molecule has 1 amide bonds. The van der Waals surface area contributed by atoms with Crippen molar-refractivity contribution < 1.29 is 28.6 Å². The zero-order valence-electron chi connectivity index (χ0n) is 18.9. The van der Waals surface area contributed by atoms with Gasteiger partial charge in [0.2, 0.25) is 11.8 Å². The molecule has 8 heteroatoms. The van der Waals surface area contributed by atoms with Crippen LogP contribution in [0.2, 0.25) is 0 Å². The molecule has 0 saturated heterocycles. The van der Waals surface area contributed by atoms with Crippen molar-refractivity contribution in [3.63, 3.8) is 0 Å². The summed E-state index contributed by atoms with van der Waals surface area (Å²) in [4.78, 5) is 42.2. The highest BCUT2D eigenvalue weighted by Gasteiger charge is 2.63. The molecule has 8 nitrogen and oxygen atoms in total. The fourth-order valence-corrected chi connectivity index (χ4v) is 4.23. The molecule has 2 heterocycles. The van der Waals surface area contributed by atoms with Crippen LogP contribution < -0.4 is 10.6 Å². The molecule has 1 aromatic carbocycles. The first kappa shape index (κ1) is 23.8. The van der Waals surface area contributed by atoms with Crippen LogP contribution in [0.15, 0.2) is 72.4 Å². The number of ether oxygens (including phenoxy) is 3. The van der Waals surface area contributed by atoms with Crippen molar-refractivity contribution in [3.05, 3.63) is 77.9 Å². The Morgan fingerprint density at radius 2 is 1.85 bits per heavy atom. The summed E-state index contributed by atoms with van der Waals surface area (Å²) in [7, 11) is 0. The van der Waals surface area contributed by atoms with Crippen LogP contribution in [-0.2, 0) is 34.0 Å². The Balaban J connectivity index is 2.32. The number of hydrogen-bond acceptors (Lipinski definition) is 7. The number of unbranched alkanes of at least 4 members (excludes halogenated alkanes) is 1. The summed E-state index contributed by atoms with van der Waals surface area (Å²) in [5.74, 6) is -2.41. The van der Waals surface area contributed by atoms with Gasteiger partial charge in [0.05, 0.1) is 6.61 Å². The molecule has 174 valence electrons. The second-order valence-corrected chi connectivity index (χ2v) is 7.62. The number of carbonyl (C=O) groups is 3. The monoisotopic (exact) mass is 452 g/mol. The Kier molecular flexibility index (Phi) is 7.06. The molecule has 0 radical (unpaired) electrons. The summed E-state index contributed by atoms with van der Waals surface area (Å²) in [5.41, 5.74) is 4.89. The number of anilines is 1. The highest BCUT2D eigenvalue weighted by atomic mass is 16.5. The van der Waals surface area contributed by atoms with E-state index in [0.29, 0.717) is 17.7 Å². The molecule has 1 spiro atoms. The number of para-hydroxylation sites is 1. The lowest BCUT2D eigenvalue weighted by Gasteiger charge is -2.36. The van der Waals surface area contributed by atoms with E-state index in [9.17, 15) is 14.4 Å². The van der Waals surface area contributed by atoms with Crippen molar-refractivity contribution >= 4 is 23.5 Å². The minimum atomic E-state index is -1.88. The molecule has 2 aliphatic heterocycles. The maximum atomic E-state index is 14.1. The number of hydrogen-bond donors (Lipinski definition) is 1. The van der Waals surface area contributed by atoms with E-state index in [1.165, 1.54) is 17.9 Å². The highest BCUT2D eigenvalue weighted by Crippen LogP contribution is 2.54. The van der Waals surface area contributed by atoms with Crippen LogP contribution in [0.3, 0.4) is 0 Å². The van der Waals surface area contributed by atoms with E-state index in [0.717, 1.165) is 6.42 Å². The molecule has 33 heavy (non-hydrogen) atoms. The van der Waals surface area contributed by atoms with E-state index in [4.69, 9.17) is 19.9 Å². The molecular formula is C25H28N2O6. The summed E-state index contributed by atoms with van der Waals surface area (Å²) in [6.07, 6.45) is 4.40. The summed E-state index contributed by atoms with van der Waals surface area (Å²) < 4.78 is 16.4. The fourth-order valence-electron chi connectivity index (χ4n) is 4.23. The average molecular weight is 453 g/mol. The zero-order valence-corrected chi connectivity index (χ0v) is 18.9. The predicted octanol–water partition coefficient (Wildman–Crippen LogP) is 3.00. The first-order chi connectivity index (χ1) is 15.9. The lowest BCUT2D eigenvalue weighted by atomic mass is 9.67. The van der Waals surface area contributed by atoms with Crippen LogP contribution in [0, 0.1) is 0 Å². The largest absolute Gasteiger partial charge is 0.462 e. The molecule has 0 fully saturated rings. The average Bonchev–Trinajstić information content (AvgIpc) is 3.01. The second-order valence-electron chi connectivity index (χ2n) is 7.62. The SMILES string of the molecule is C=CCOC(=O)C1=C(C)OC(N)=C(C(=O)OCCCC)C12C(=O)N(CC=C)c1ccccc12. The van der Waals surface area contributed by atoms with Crippen LogP contribution in [0.4, 0.5) is 5.69 Å². The third-order valence-corrected chi connectivity index (χ3v) is 5.56. The molecular weight excluding hydrogens is 424 g/mol. The number of esters is 2. The Labute approximate surface area is 193 Å². The Morgan fingerprint density at radius 3 is 2.52 bits per heavy atom. The van der Waals surface area contributed by atoms with Gasteiger partial charge in [-0.15, -0.1) is 6.58 Å². The third kappa shape index (κ3) is 3.82. The van der Waals surface area contributed by atoms with Gasteiger partial charge in [-0.05, 0) is 19.4 Å². The number of allylic oxidation sites excluding steroid dienone is 1. The second kappa shape index (κ2) is 9.77. The van der Waals surface area contributed by atoms with Crippen LogP contribution in [0.25, 0.3) is 0 Å². The number of rotatable bonds is 9. The van der Waals surface area contributed by atoms with Gasteiger partial charge in [0.25, 0.3) is 0 Å². The minimum absolute atomic E-state index is 0.0651. The fraction of sp³-hybridized carbons (Fsp3) is 0.320. The van der Waals surface area contributed by atoms with Crippen LogP contribution in [0.5, 0.6) is 0 Å². The number of amides is 1. The van der Waals surface area contributed by atoms with Gasteiger partial charge in [-0.3, -0.25) is 4.79 Å². The van der Waals surface area contributed by atoms with Crippen molar-refractivity contribution in [1.82, 2.24) is 0 Å². The van der Waals surface area contributed by atoms with Crippen molar-refractivity contribution in [2.45, 2.75) is 32.1 Å². The highest BCUT2D eigenvalue weighted by molar-refractivity contribution is 6.22. The maximum Gasteiger partial charge on any atom is 0.341 e. The molecule has 0 saturated carbocycles. The molecule has 0 aromatic heterocycles. The van der Waals surface area contributed by atoms with Crippen LogP contribution >= 0.6 is 0 Å². The van der Waals surface area contributed by atoms with E-state index in [1.807, 2.05) is 6.92 Å². The summed E-state index contributed by atoms with van der Waals surface area (Å²) in [6, 6.07) is 6.90. The third-order valence-electron chi connectivity index (χ3n) is 5.56. The lowest BCUT2D eigenvalue weighted by Crippen LogP contribution is -2.51. The standard InChI is InChI=1S/C25H28N2O6/c1-5-8-15-32-23(29)20-21(26)33-16(4)19(22(28)31-14-7-3)25(20)17-11-9-10-12-18(17)27(13-6-2)24(25)30/h6-7,9-12H,2-3,5,8,13-15,26H2,1,4H3. The molecule has 2 N–H and O–H groups in total. The maximum absolute atomic E-state index is 14.1. The van der Waals surface area contributed by atoms with Gasteiger partial charge < -0.3 is 24.8 Å². The smallest absolute Gasteiger partial charge is 0.341 e. The van der Waals surface area contributed by atoms with E-state index >= 15 is 0 Å². The molecule has 2 aliphatic rings. The molecule has 0 bridgehead atoms. The van der Waals surface area contributed by atoms with Gasteiger partial charge in [0, 0.05) is 17.8 Å². The molecule has 0 aliphatic carbocycles. The van der Waals surface area contributed by atoms with Crippen LogP contribution in [-0.4, -0.2) is 37.6 Å². The Bertz CT molecular complexity index is 1070. The Morgan fingerprint density at radius 1 is 1.15 bits per heavy atom. The van der Waals surface area contributed by atoms with Crippen molar-refractivity contribution in [3.8, 4) is 0 Å². The number of nitrogens with two attached hydrogens (primary N) is 1. The molecule has 1 unspecified atom stereocenters.